The Hall–Kier alpha value is -1.88. The summed E-state index contributed by atoms with van der Waals surface area (Å²) in [5, 5.41) is 17.5. The van der Waals surface area contributed by atoms with Crippen LogP contribution in [0, 0.1) is 12.8 Å². The standard InChI is InChI=1S/C14H16ClN3O2/c1-8(2)6-12-13(14(19)20)16-17-18(12)10-5-4-9(3)11(15)7-10/h4-5,7-8H,6H2,1-3H3,(H,19,20). The number of benzene rings is 1. The molecule has 0 amide bonds. The third-order valence-electron chi connectivity index (χ3n) is 2.97. The fraction of sp³-hybridized carbons (Fsp3) is 0.357. The van der Waals surface area contributed by atoms with Gasteiger partial charge in [-0.25, -0.2) is 9.48 Å². The molecule has 0 spiro atoms. The zero-order valence-electron chi connectivity index (χ0n) is 11.6. The molecule has 1 aromatic heterocycles. The highest BCUT2D eigenvalue weighted by molar-refractivity contribution is 6.31. The highest BCUT2D eigenvalue weighted by Gasteiger charge is 2.20. The van der Waals surface area contributed by atoms with E-state index in [9.17, 15) is 9.90 Å². The maximum Gasteiger partial charge on any atom is 0.358 e. The van der Waals surface area contributed by atoms with Gasteiger partial charge >= 0.3 is 5.97 Å². The number of rotatable bonds is 4. The molecule has 0 saturated heterocycles. The van der Waals surface area contributed by atoms with Gasteiger partial charge in [0.25, 0.3) is 0 Å². The Morgan fingerprint density at radius 2 is 2.15 bits per heavy atom. The van der Waals surface area contributed by atoms with Crippen LogP contribution in [0.25, 0.3) is 5.69 Å². The fourth-order valence-electron chi connectivity index (χ4n) is 1.96. The average molecular weight is 294 g/mol. The van der Waals surface area contributed by atoms with Crippen LogP contribution in [0.5, 0.6) is 0 Å². The number of halogens is 1. The van der Waals surface area contributed by atoms with Gasteiger partial charge in [0.1, 0.15) is 0 Å². The van der Waals surface area contributed by atoms with Crippen molar-refractivity contribution in [3.05, 3.63) is 40.2 Å². The summed E-state index contributed by atoms with van der Waals surface area (Å²) in [6, 6.07) is 5.49. The molecule has 0 aliphatic heterocycles. The van der Waals surface area contributed by atoms with Gasteiger partial charge in [-0.3, -0.25) is 0 Å². The van der Waals surface area contributed by atoms with E-state index in [1.165, 1.54) is 0 Å². The SMILES string of the molecule is Cc1ccc(-n2nnc(C(=O)O)c2CC(C)C)cc1Cl. The lowest BCUT2D eigenvalue weighted by Gasteiger charge is -2.10. The topological polar surface area (TPSA) is 68.0 Å². The molecular weight excluding hydrogens is 278 g/mol. The summed E-state index contributed by atoms with van der Waals surface area (Å²) < 4.78 is 1.55. The van der Waals surface area contributed by atoms with Crippen LogP contribution in [0.3, 0.4) is 0 Å². The lowest BCUT2D eigenvalue weighted by molar-refractivity contribution is 0.0689. The van der Waals surface area contributed by atoms with Crippen LogP contribution in [-0.2, 0) is 6.42 Å². The fourth-order valence-corrected chi connectivity index (χ4v) is 2.13. The molecule has 106 valence electrons. The van der Waals surface area contributed by atoms with Crippen molar-refractivity contribution in [3.63, 3.8) is 0 Å². The Labute approximate surface area is 122 Å². The molecule has 0 aliphatic carbocycles. The van der Waals surface area contributed by atoms with E-state index in [1.807, 2.05) is 32.9 Å². The van der Waals surface area contributed by atoms with Crippen LogP contribution in [0.1, 0.15) is 35.6 Å². The first kappa shape index (κ1) is 14.5. The summed E-state index contributed by atoms with van der Waals surface area (Å²) in [5.41, 5.74) is 2.26. The lowest BCUT2D eigenvalue weighted by Crippen LogP contribution is -2.10. The first-order valence-corrected chi connectivity index (χ1v) is 6.72. The maximum atomic E-state index is 11.2. The van der Waals surface area contributed by atoms with Gasteiger partial charge in [0.15, 0.2) is 5.69 Å². The summed E-state index contributed by atoms with van der Waals surface area (Å²) in [4.78, 5) is 11.2. The van der Waals surface area contributed by atoms with E-state index >= 15 is 0 Å². The highest BCUT2D eigenvalue weighted by Crippen LogP contribution is 2.22. The molecule has 0 radical (unpaired) electrons. The van der Waals surface area contributed by atoms with Crippen molar-refractivity contribution >= 4 is 17.6 Å². The van der Waals surface area contributed by atoms with Crippen molar-refractivity contribution in [3.8, 4) is 5.69 Å². The molecule has 1 heterocycles. The summed E-state index contributed by atoms with van der Waals surface area (Å²) in [7, 11) is 0. The number of hydrogen-bond donors (Lipinski definition) is 1. The van der Waals surface area contributed by atoms with Crippen molar-refractivity contribution in [1.29, 1.82) is 0 Å². The number of hydrogen-bond acceptors (Lipinski definition) is 3. The van der Waals surface area contributed by atoms with Crippen molar-refractivity contribution < 1.29 is 9.90 Å². The Kier molecular flexibility index (Phi) is 4.09. The van der Waals surface area contributed by atoms with Gasteiger partial charge in [-0.15, -0.1) is 5.10 Å². The molecule has 0 fully saturated rings. The van der Waals surface area contributed by atoms with E-state index in [-0.39, 0.29) is 5.69 Å². The predicted octanol–water partition coefficient (Wildman–Crippen LogP) is 3.13. The first-order chi connectivity index (χ1) is 9.40. The number of carboxylic acid groups (broad SMARTS) is 1. The molecule has 0 aliphatic rings. The van der Waals surface area contributed by atoms with Gasteiger partial charge in [-0.05, 0) is 37.0 Å². The second-order valence-corrected chi connectivity index (χ2v) is 5.54. The van der Waals surface area contributed by atoms with E-state index in [1.54, 1.807) is 10.7 Å². The minimum Gasteiger partial charge on any atom is -0.476 e. The molecule has 0 saturated carbocycles. The summed E-state index contributed by atoms with van der Waals surface area (Å²) >= 11 is 6.11. The van der Waals surface area contributed by atoms with Gasteiger partial charge < -0.3 is 5.11 Å². The molecular formula is C14H16ClN3O2. The molecule has 0 atom stereocenters. The zero-order valence-corrected chi connectivity index (χ0v) is 12.3. The third-order valence-corrected chi connectivity index (χ3v) is 3.37. The van der Waals surface area contributed by atoms with Gasteiger partial charge in [-0.2, -0.15) is 0 Å². The third kappa shape index (κ3) is 2.82. The van der Waals surface area contributed by atoms with Gasteiger partial charge in [0.05, 0.1) is 11.4 Å². The van der Waals surface area contributed by atoms with E-state index in [0.29, 0.717) is 23.1 Å². The Morgan fingerprint density at radius 3 is 2.70 bits per heavy atom. The normalized spacial score (nSPS) is 11.1. The predicted molar refractivity (Wildman–Crippen MR) is 76.6 cm³/mol. The first-order valence-electron chi connectivity index (χ1n) is 6.34. The second-order valence-electron chi connectivity index (χ2n) is 5.13. The highest BCUT2D eigenvalue weighted by atomic mass is 35.5. The summed E-state index contributed by atoms with van der Waals surface area (Å²) in [6.45, 7) is 5.95. The molecule has 6 heteroatoms. The van der Waals surface area contributed by atoms with E-state index < -0.39 is 5.97 Å². The molecule has 0 bridgehead atoms. The molecule has 1 N–H and O–H groups in total. The van der Waals surface area contributed by atoms with E-state index in [2.05, 4.69) is 10.3 Å². The van der Waals surface area contributed by atoms with Crippen LogP contribution in [0.15, 0.2) is 18.2 Å². The Bertz CT molecular complexity index is 650. The van der Waals surface area contributed by atoms with Gasteiger partial charge in [-0.1, -0.05) is 36.7 Å². The zero-order chi connectivity index (χ0) is 14.9. The molecule has 5 nitrogen and oxygen atoms in total. The Balaban J connectivity index is 2.55. The van der Waals surface area contributed by atoms with E-state index in [4.69, 9.17) is 11.6 Å². The van der Waals surface area contributed by atoms with Crippen molar-refractivity contribution in [2.45, 2.75) is 27.2 Å². The summed E-state index contributed by atoms with van der Waals surface area (Å²) in [5.74, 6) is -0.767. The number of aromatic nitrogens is 3. The monoisotopic (exact) mass is 293 g/mol. The number of aromatic carboxylic acids is 1. The van der Waals surface area contributed by atoms with Crippen LogP contribution >= 0.6 is 11.6 Å². The van der Waals surface area contributed by atoms with E-state index in [0.717, 1.165) is 11.3 Å². The number of carbonyl (C=O) groups is 1. The number of aryl methyl sites for hydroxylation is 1. The molecule has 1 aromatic carbocycles. The van der Waals surface area contributed by atoms with Gasteiger partial charge in [0.2, 0.25) is 0 Å². The number of nitrogens with zero attached hydrogens (tertiary/aromatic N) is 3. The molecule has 20 heavy (non-hydrogen) atoms. The summed E-state index contributed by atoms with van der Waals surface area (Å²) in [6.07, 6.45) is 0.583. The second kappa shape index (κ2) is 5.63. The van der Waals surface area contributed by atoms with Crippen LogP contribution < -0.4 is 0 Å². The van der Waals surface area contributed by atoms with Crippen LogP contribution in [0.4, 0.5) is 0 Å². The van der Waals surface area contributed by atoms with Crippen molar-refractivity contribution in [2.75, 3.05) is 0 Å². The maximum absolute atomic E-state index is 11.2. The number of carboxylic acids is 1. The minimum absolute atomic E-state index is 0.00426. The van der Waals surface area contributed by atoms with Crippen LogP contribution in [-0.4, -0.2) is 26.1 Å². The van der Waals surface area contributed by atoms with Crippen molar-refractivity contribution in [1.82, 2.24) is 15.0 Å². The largest absolute Gasteiger partial charge is 0.476 e. The molecule has 0 unspecified atom stereocenters. The van der Waals surface area contributed by atoms with Crippen LogP contribution in [0.2, 0.25) is 5.02 Å². The lowest BCUT2D eigenvalue weighted by atomic mass is 10.1. The van der Waals surface area contributed by atoms with Gasteiger partial charge in [0, 0.05) is 5.02 Å². The smallest absolute Gasteiger partial charge is 0.358 e. The Morgan fingerprint density at radius 1 is 1.45 bits per heavy atom. The minimum atomic E-state index is -1.06. The van der Waals surface area contributed by atoms with Crippen molar-refractivity contribution in [2.24, 2.45) is 5.92 Å². The molecule has 2 aromatic rings. The molecule has 2 rings (SSSR count). The average Bonchev–Trinajstić information content (AvgIpc) is 2.75. The quantitative estimate of drug-likeness (QED) is 0.940.